The molecular formula is C19H18BrN3O4. The van der Waals surface area contributed by atoms with E-state index in [-0.39, 0.29) is 12.6 Å². The first-order valence-electron chi connectivity index (χ1n) is 8.03. The standard InChI is InChI=1S/C19H18BrN3O4/c1-25-16-7-8-17(18(9-16)26-2)19(24)22-14-10-21-23(11-14)12-27-15-5-3-13(20)4-6-15/h3-11H,12H2,1-2H3,(H,22,24). The number of carbonyl (C=O) groups excluding carboxylic acids is 1. The topological polar surface area (TPSA) is 74.6 Å². The van der Waals surface area contributed by atoms with E-state index in [9.17, 15) is 4.79 Å². The van der Waals surface area contributed by atoms with Crippen LogP contribution >= 0.6 is 15.9 Å². The highest BCUT2D eigenvalue weighted by molar-refractivity contribution is 9.10. The lowest BCUT2D eigenvalue weighted by Gasteiger charge is -2.10. The number of hydrogen-bond acceptors (Lipinski definition) is 5. The van der Waals surface area contributed by atoms with Crippen molar-refractivity contribution in [3.8, 4) is 17.2 Å². The van der Waals surface area contributed by atoms with Gasteiger partial charge >= 0.3 is 0 Å². The van der Waals surface area contributed by atoms with Crippen molar-refractivity contribution in [3.05, 3.63) is 64.9 Å². The maximum absolute atomic E-state index is 12.5. The quantitative estimate of drug-likeness (QED) is 0.612. The fourth-order valence-electron chi connectivity index (χ4n) is 2.35. The lowest BCUT2D eigenvalue weighted by atomic mass is 10.1. The summed E-state index contributed by atoms with van der Waals surface area (Å²) < 4.78 is 18.6. The monoisotopic (exact) mass is 431 g/mol. The van der Waals surface area contributed by atoms with Crippen LogP contribution in [0.1, 0.15) is 10.4 Å². The van der Waals surface area contributed by atoms with Crippen LogP contribution in [0.4, 0.5) is 5.69 Å². The third-order valence-corrected chi connectivity index (χ3v) is 4.25. The van der Waals surface area contributed by atoms with Gasteiger partial charge in [-0.25, -0.2) is 4.68 Å². The Kier molecular flexibility index (Phi) is 5.97. The van der Waals surface area contributed by atoms with Crippen molar-refractivity contribution in [2.24, 2.45) is 0 Å². The molecule has 0 atom stereocenters. The molecule has 0 spiro atoms. The van der Waals surface area contributed by atoms with Crippen LogP contribution in [0.25, 0.3) is 0 Å². The molecule has 0 aliphatic rings. The number of nitrogens with zero attached hydrogens (tertiary/aromatic N) is 2. The minimum absolute atomic E-state index is 0.226. The molecule has 1 heterocycles. The number of aromatic nitrogens is 2. The number of nitrogens with one attached hydrogen (secondary N) is 1. The molecule has 7 nitrogen and oxygen atoms in total. The highest BCUT2D eigenvalue weighted by Gasteiger charge is 2.14. The first kappa shape index (κ1) is 18.8. The molecule has 0 unspecified atom stereocenters. The SMILES string of the molecule is COc1ccc(C(=O)Nc2cnn(COc3ccc(Br)cc3)c2)c(OC)c1. The Morgan fingerprint density at radius 1 is 1.11 bits per heavy atom. The van der Waals surface area contributed by atoms with Gasteiger partial charge in [0.05, 0.1) is 37.9 Å². The minimum atomic E-state index is -0.303. The van der Waals surface area contributed by atoms with Crippen molar-refractivity contribution in [3.63, 3.8) is 0 Å². The average molecular weight is 432 g/mol. The molecule has 140 valence electrons. The summed E-state index contributed by atoms with van der Waals surface area (Å²) in [6, 6.07) is 12.5. The highest BCUT2D eigenvalue weighted by atomic mass is 79.9. The van der Waals surface area contributed by atoms with E-state index in [0.29, 0.717) is 22.7 Å². The second-order valence-electron chi connectivity index (χ2n) is 5.52. The Morgan fingerprint density at radius 3 is 2.56 bits per heavy atom. The van der Waals surface area contributed by atoms with Gasteiger partial charge in [-0.2, -0.15) is 5.10 Å². The van der Waals surface area contributed by atoms with Gasteiger partial charge in [0.15, 0.2) is 6.73 Å². The van der Waals surface area contributed by atoms with Gasteiger partial charge in [-0.05, 0) is 36.4 Å². The zero-order chi connectivity index (χ0) is 19.2. The van der Waals surface area contributed by atoms with Crippen LogP contribution in [0.15, 0.2) is 59.3 Å². The van der Waals surface area contributed by atoms with Crippen molar-refractivity contribution in [1.82, 2.24) is 9.78 Å². The molecule has 27 heavy (non-hydrogen) atoms. The number of ether oxygens (including phenoxy) is 3. The largest absolute Gasteiger partial charge is 0.497 e. The van der Waals surface area contributed by atoms with Gasteiger partial charge in [0.2, 0.25) is 0 Å². The van der Waals surface area contributed by atoms with Gasteiger partial charge in [0, 0.05) is 10.5 Å². The molecule has 1 N–H and O–H groups in total. The van der Waals surface area contributed by atoms with E-state index in [1.54, 1.807) is 42.4 Å². The second kappa shape index (κ2) is 8.59. The Bertz CT molecular complexity index is 925. The van der Waals surface area contributed by atoms with E-state index in [2.05, 4.69) is 26.3 Å². The van der Waals surface area contributed by atoms with E-state index >= 15 is 0 Å². The Balaban J connectivity index is 1.63. The van der Waals surface area contributed by atoms with E-state index < -0.39 is 0 Å². The van der Waals surface area contributed by atoms with Crippen LogP contribution in [0.3, 0.4) is 0 Å². The zero-order valence-electron chi connectivity index (χ0n) is 14.8. The van der Waals surface area contributed by atoms with Gasteiger partial charge in [-0.1, -0.05) is 15.9 Å². The van der Waals surface area contributed by atoms with Crippen LogP contribution in [0, 0.1) is 0 Å². The maximum Gasteiger partial charge on any atom is 0.259 e. The Hall–Kier alpha value is -3.00. The fourth-order valence-corrected chi connectivity index (χ4v) is 2.62. The van der Waals surface area contributed by atoms with Gasteiger partial charge in [0.1, 0.15) is 17.2 Å². The van der Waals surface area contributed by atoms with Crippen LogP contribution in [-0.2, 0) is 6.73 Å². The third kappa shape index (κ3) is 4.79. The molecule has 2 aromatic carbocycles. The number of anilines is 1. The average Bonchev–Trinajstić information content (AvgIpc) is 3.14. The summed E-state index contributed by atoms with van der Waals surface area (Å²) in [5.41, 5.74) is 0.953. The third-order valence-electron chi connectivity index (χ3n) is 3.72. The summed E-state index contributed by atoms with van der Waals surface area (Å²) in [6.07, 6.45) is 3.24. The number of amides is 1. The van der Waals surface area contributed by atoms with Crippen LogP contribution in [0.2, 0.25) is 0 Å². The summed E-state index contributed by atoms with van der Waals surface area (Å²) in [6.45, 7) is 0.226. The van der Waals surface area contributed by atoms with Crippen LogP contribution < -0.4 is 19.5 Å². The zero-order valence-corrected chi connectivity index (χ0v) is 16.4. The van der Waals surface area contributed by atoms with Crippen molar-refractivity contribution in [2.45, 2.75) is 6.73 Å². The van der Waals surface area contributed by atoms with Crippen LogP contribution in [-0.4, -0.2) is 29.9 Å². The number of benzene rings is 2. The molecular weight excluding hydrogens is 414 g/mol. The first-order chi connectivity index (χ1) is 13.1. The van der Waals surface area contributed by atoms with Crippen molar-refractivity contribution >= 4 is 27.5 Å². The van der Waals surface area contributed by atoms with Gasteiger partial charge < -0.3 is 19.5 Å². The van der Waals surface area contributed by atoms with Gasteiger partial charge in [-0.15, -0.1) is 0 Å². The molecule has 0 fully saturated rings. The maximum atomic E-state index is 12.5. The summed E-state index contributed by atoms with van der Waals surface area (Å²) in [7, 11) is 3.06. The van der Waals surface area contributed by atoms with Gasteiger partial charge in [0.25, 0.3) is 5.91 Å². The molecule has 3 rings (SSSR count). The fraction of sp³-hybridized carbons (Fsp3) is 0.158. The molecule has 0 saturated heterocycles. The molecule has 1 amide bonds. The van der Waals surface area contributed by atoms with E-state index in [4.69, 9.17) is 14.2 Å². The lowest BCUT2D eigenvalue weighted by molar-refractivity contribution is 0.102. The van der Waals surface area contributed by atoms with Crippen molar-refractivity contribution < 1.29 is 19.0 Å². The Labute approximate surface area is 165 Å². The van der Waals surface area contributed by atoms with E-state index in [1.165, 1.54) is 7.11 Å². The first-order valence-corrected chi connectivity index (χ1v) is 8.82. The molecule has 0 aliphatic carbocycles. The van der Waals surface area contributed by atoms with E-state index in [1.807, 2.05) is 24.3 Å². The number of rotatable bonds is 7. The number of carbonyl (C=O) groups is 1. The molecule has 0 bridgehead atoms. The number of halogens is 1. The van der Waals surface area contributed by atoms with E-state index in [0.717, 1.165) is 10.2 Å². The normalized spacial score (nSPS) is 10.3. The van der Waals surface area contributed by atoms with Crippen molar-refractivity contribution in [1.29, 1.82) is 0 Å². The van der Waals surface area contributed by atoms with Gasteiger partial charge in [-0.3, -0.25) is 4.79 Å². The predicted molar refractivity (Wildman–Crippen MR) is 104 cm³/mol. The smallest absolute Gasteiger partial charge is 0.259 e. The highest BCUT2D eigenvalue weighted by Crippen LogP contribution is 2.25. The molecule has 0 radical (unpaired) electrons. The predicted octanol–water partition coefficient (Wildman–Crippen LogP) is 3.95. The summed E-state index contributed by atoms with van der Waals surface area (Å²) in [5, 5.41) is 6.97. The molecule has 8 heteroatoms. The summed E-state index contributed by atoms with van der Waals surface area (Å²) in [4.78, 5) is 12.5. The summed E-state index contributed by atoms with van der Waals surface area (Å²) in [5.74, 6) is 1.46. The van der Waals surface area contributed by atoms with Crippen LogP contribution in [0.5, 0.6) is 17.2 Å². The lowest BCUT2D eigenvalue weighted by Crippen LogP contribution is -2.13. The minimum Gasteiger partial charge on any atom is -0.497 e. The molecule has 1 aromatic heterocycles. The molecule has 0 aliphatic heterocycles. The summed E-state index contributed by atoms with van der Waals surface area (Å²) >= 11 is 3.38. The number of methoxy groups -OCH3 is 2. The Morgan fingerprint density at radius 2 is 1.85 bits per heavy atom. The van der Waals surface area contributed by atoms with Crippen molar-refractivity contribution in [2.75, 3.05) is 19.5 Å². The molecule has 0 saturated carbocycles. The second-order valence-corrected chi connectivity index (χ2v) is 6.43. The number of hydrogen-bond donors (Lipinski definition) is 1. The molecule has 3 aromatic rings.